The van der Waals surface area contributed by atoms with Crippen molar-refractivity contribution in [3.8, 4) is 5.75 Å². The number of benzene rings is 1. The molecule has 0 heterocycles. The maximum Gasteiger partial charge on any atom is 0.119 e. The Hall–Kier alpha value is -0.980. The van der Waals surface area contributed by atoms with Gasteiger partial charge in [-0.25, -0.2) is 0 Å². The number of hydrogen-bond donors (Lipinski definition) is 1. The molecule has 0 aliphatic rings. The molecule has 0 saturated heterocycles. The van der Waals surface area contributed by atoms with E-state index in [1.165, 1.54) is 102 Å². The maximum absolute atomic E-state index is 10.3. The van der Waals surface area contributed by atoms with E-state index in [2.05, 4.69) is 26.0 Å². The summed E-state index contributed by atoms with van der Waals surface area (Å²) in [7, 11) is 0. The van der Waals surface area contributed by atoms with Crippen LogP contribution in [0.3, 0.4) is 0 Å². The largest absolute Gasteiger partial charge is 0.508 e. The normalized spacial score (nSPS) is 12.4. The van der Waals surface area contributed by atoms with Crippen molar-refractivity contribution in [2.75, 3.05) is 0 Å². The first-order chi connectivity index (χ1) is 12.3. The van der Waals surface area contributed by atoms with Crippen molar-refractivity contribution < 1.29 is 5.11 Å². The zero-order valence-electron chi connectivity index (χ0n) is 16.9. The Balaban J connectivity index is 2.34. The smallest absolute Gasteiger partial charge is 0.119 e. The van der Waals surface area contributed by atoms with Crippen molar-refractivity contribution in [2.24, 2.45) is 0 Å². The highest BCUT2D eigenvalue weighted by Crippen LogP contribution is 2.33. The third kappa shape index (κ3) is 10.6. The Morgan fingerprint density at radius 3 is 1.56 bits per heavy atom. The molecular weight excluding hydrogens is 304 g/mol. The molecular formula is C24H42O. The number of aromatic hydroxyl groups is 1. The van der Waals surface area contributed by atoms with Crippen molar-refractivity contribution in [3.63, 3.8) is 0 Å². The molecule has 0 aliphatic carbocycles. The summed E-state index contributed by atoms with van der Waals surface area (Å²) >= 11 is 0. The van der Waals surface area contributed by atoms with Crippen LogP contribution in [-0.4, -0.2) is 5.11 Å². The van der Waals surface area contributed by atoms with Crippen LogP contribution in [0.1, 0.15) is 122 Å². The minimum atomic E-state index is 0.501. The van der Waals surface area contributed by atoms with Gasteiger partial charge in [-0.3, -0.25) is 0 Å². The van der Waals surface area contributed by atoms with Crippen molar-refractivity contribution in [1.82, 2.24) is 0 Å². The van der Waals surface area contributed by atoms with Crippen LogP contribution in [0.4, 0.5) is 0 Å². The number of phenolic OH excluding ortho intramolecular Hbond substituents is 1. The zero-order valence-corrected chi connectivity index (χ0v) is 16.9. The third-order valence-electron chi connectivity index (χ3n) is 5.44. The molecule has 0 aliphatic heterocycles. The Kier molecular flexibility index (Phi) is 13.5. The molecule has 0 aromatic heterocycles. The molecule has 1 rings (SSSR count). The number of rotatable bonds is 16. The standard InChI is InChI=1S/C24H42O/c1-3-5-7-9-11-13-15-19-22(18-14-12-10-8-6-4-2)23-20-16-17-21-24(23)25/h16-17,20-22,25H,3-15,18-19H2,1-2H3. The van der Waals surface area contributed by atoms with Crippen LogP contribution >= 0.6 is 0 Å². The average Bonchev–Trinajstić information content (AvgIpc) is 2.62. The van der Waals surface area contributed by atoms with Gasteiger partial charge < -0.3 is 5.11 Å². The highest BCUT2D eigenvalue weighted by atomic mass is 16.3. The summed E-state index contributed by atoms with van der Waals surface area (Å²) in [4.78, 5) is 0. The van der Waals surface area contributed by atoms with Crippen molar-refractivity contribution in [1.29, 1.82) is 0 Å². The fraction of sp³-hybridized carbons (Fsp3) is 0.750. The number of phenols is 1. The van der Waals surface area contributed by atoms with Gasteiger partial charge in [-0.15, -0.1) is 0 Å². The predicted octanol–water partition coefficient (Wildman–Crippen LogP) is 8.37. The molecule has 1 heteroatoms. The van der Waals surface area contributed by atoms with Gasteiger partial charge in [0.15, 0.2) is 0 Å². The van der Waals surface area contributed by atoms with Crippen LogP contribution in [0, 0.1) is 0 Å². The quantitative estimate of drug-likeness (QED) is 0.298. The van der Waals surface area contributed by atoms with E-state index in [0.29, 0.717) is 11.7 Å². The summed E-state index contributed by atoms with van der Waals surface area (Å²) in [5, 5.41) is 10.3. The second kappa shape index (κ2) is 15.3. The van der Waals surface area contributed by atoms with Crippen molar-refractivity contribution in [3.05, 3.63) is 29.8 Å². The van der Waals surface area contributed by atoms with Gasteiger partial charge >= 0.3 is 0 Å². The zero-order chi connectivity index (χ0) is 18.2. The molecule has 1 atom stereocenters. The maximum atomic E-state index is 10.3. The van der Waals surface area contributed by atoms with E-state index in [9.17, 15) is 5.11 Å². The van der Waals surface area contributed by atoms with Gasteiger partial charge in [-0.2, -0.15) is 0 Å². The van der Waals surface area contributed by atoms with Gasteiger partial charge in [0.1, 0.15) is 5.75 Å². The second-order valence-corrected chi connectivity index (χ2v) is 7.72. The first kappa shape index (κ1) is 22.1. The highest BCUT2D eigenvalue weighted by Gasteiger charge is 2.14. The van der Waals surface area contributed by atoms with Crippen LogP contribution in [0.15, 0.2) is 24.3 Å². The molecule has 0 radical (unpaired) electrons. The molecule has 0 bridgehead atoms. The van der Waals surface area contributed by atoms with E-state index in [1.54, 1.807) is 0 Å². The molecule has 1 aromatic rings. The molecule has 1 nitrogen and oxygen atoms in total. The summed E-state index contributed by atoms with van der Waals surface area (Å²) < 4.78 is 0. The molecule has 25 heavy (non-hydrogen) atoms. The molecule has 0 spiro atoms. The summed E-state index contributed by atoms with van der Waals surface area (Å²) in [6, 6.07) is 8.01. The van der Waals surface area contributed by atoms with E-state index in [1.807, 2.05) is 12.1 Å². The van der Waals surface area contributed by atoms with Crippen LogP contribution in [0.25, 0.3) is 0 Å². The average molecular weight is 347 g/mol. The van der Waals surface area contributed by atoms with Gasteiger partial charge in [0.25, 0.3) is 0 Å². The predicted molar refractivity (Wildman–Crippen MR) is 111 cm³/mol. The summed E-state index contributed by atoms with van der Waals surface area (Å²) in [5.74, 6) is 1.05. The summed E-state index contributed by atoms with van der Waals surface area (Å²) in [6.45, 7) is 4.55. The highest BCUT2D eigenvalue weighted by molar-refractivity contribution is 5.34. The monoisotopic (exact) mass is 346 g/mol. The van der Waals surface area contributed by atoms with Gasteiger partial charge in [0.05, 0.1) is 0 Å². The van der Waals surface area contributed by atoms with Crippen LogP contribution < -0.4 is 0 Å². The summed E-state index contributed by atoms with van der Waals surface area (Å²) in [5.41, 5.74) is 1.18. The van der Waals surface area contributed by atoms with Crippen molar-refractivity contribution in [2.45, 2.75) is 116 Å². The first-order valence-electron chi connectivity index (χ1n) is 11.1. The molecule has 1 N–H and O–H groups in total. The minimum absolute atomic E-state index is 0.501. The van der Waals surface area contributed by atoms with E-state index in [-0.39, 0.29) is 0 Å². The lowest BCUT2D eigenvalue weighted by atomic mass is 9.87. The summed E-state index contributed by atoms with van der Waals surface area (Å²) in [6.07, 6.45) is 20.1. The minimum Gasteiger partial charge on any atom is -0.508 e. The van der Waals surface area contributed by atoms with Crippen molar-refractivity contribution >= 4 is 0 Å². The lowest BCUT2D eigenvalue weighted by Gasteiger charge is -2.18. The second-order valence-electron chi connectivity index (χ2n) is 7.72. The van der Waals surface area contributed by atoms with E-state index >= 15 is 0 Å². The molecule has 0 saturated carbocycles. The first-order valence-corrected chi connectivity index (χ1v) is 11.1. The van der Waals surface area contributed by atoms with Crippen LogP contribution in [0.2, 0.25) is 0 Å². The molecule has 144 valence electrons. The Labute approximate surface area is 157 Å². The fourth-order valence-corrected chi connectivity index (χ4v) is 3.81. The van der Waals surface area contributed by atoms with Gasteiger partial charge in [0, 0.05) is 0 Å². The molecule has 1 aromatic carbocycles. The number of unbranched alkanes of at least 4 members (excludes halogenated alkanes) is 11. The Morgan fingerprint density at radius 2 is 1.08 bits per heavy atom. The van der Waals surface area contributed by atoms with E-state index < -0.39 is 0 Å². The van der Waals surface area contributed by atoms with Gasteiger partial charge in [-0.05, 0) is 30.4 Å². The lowest BCUT2D eigenvalue weighted by Crippen LogP contribution is -2.00. The Bertz CT molecular complexity index is 412. The fourth-order valence-electron chi connectivity index (χ4n) is 3.81. The third-order valence-corrected chi connectivity index (χ3v) is 5.44. The molecule has 0 fully saturated rings. The van der Waals surface area contributed by atoms with Crippen LogP contribution in [-0.2, 0) is 0 Å². The van der Waals surface area contributed by atoms with E-state index in [4.69, 9.17) is 0 Å². The lowest BCUT2D eigenvalue weighted by molar-refractivity contribution is 0.438. The van der Waals surface area contributed by atoms with Gasteiger partial charge in [0.2, 0.25) is 0 Å². The number of hydrogen-bond acceptors (Lipinski definition) is 1. The molecule has 0 amide bonds. The van der Waals surface area contributed by atoms with Crippen LogP contribution in [0.5, 0.6) is 5.75 Å². The molecule has 1 unspecified atom stereocenters. The SMILES string of the molecule is CCCCCCCCCC(CCCCCCCC)c1ccccc1O. The van der Waals surface area contributed by atoms with E-state index in [0.717, 1.165) is 0 Å². The Morgan fingerprint density at radius 1 is 0.640 bits per heavy atom. The number of para-hydroxylation sites is 1. The topological polar surface area (TPSA) is 20.2 Å². The van der Waals surface area contributed by atoms with Gasteiger partial charge in [-0.1, -0.05) is 116 Å².